The highest BCUT2D eigenvalue weighted by atomic mass is 35.5. The van der Waals surface area contributed by atoms with Gasteiger partial charge >= 0.3 is 0 Å². The second kappa shape index (κ2) is 5.61. The molecule has 100 valence electrons. The molecule has 0 fully saturated rings. The first-order chi connectivity index (χ1) is 8.98. The normalized spacial score (nSPS) is 12.9. The maximum atomic E-state index is 11.5. The van der Waals surface area contributed by atoms with Gasteiger partial charge in [0, 0.05) is 16.3 Å². The Hall–Kier alpha value is -1.56. The van der Waals surface area contributed by atoms with Crippen LogP contribution in [0.5, 0.6) is 0 Å². The smallest absolute Gasteiger partial charge is 0.290 e. The van der Waals surface area contributed by atoms with Crippen LogP contribution in [0.4, 0.5) is 5.69 Å². The zero-order valence-corrected chi connectivity index (χ0v) is 11.4. The highest BCUT2D eigenvalue weighted by Gasteiger charge is 2.26. The van der Waals surface area contributed by atoms with Crippen LogP contribution in [0.2, 0.25) is 5.02 Å². The van der Waals surface area contributed by atoms with E-state index in [0.29, 0.717) is 11.3 Å². The number of nitrogens with one attached hydrogen (secondary N) is 1. The van der Waals surface area contributed by atoms with E-state index in [1.165, 1.54) is 0 Å². The minimum Gasteiger partial charge on any atom is -0.363 e. The van der Waals surface area contributed by atoms with Crippen LogP contribution in [-0.2, 0) is 10.1 Å². The van der Waals surface area contributed by atoms with Crippen molar-refractivity contribution >= 4 is 27.4 Å². The quantitative estimate of drug-likeness (QED) is 0.850. The Kier molecular flexibility index (Phi) is 4.09. The standard InChI is InChI=1S/C13H12ClNO3S/c14-12-9-5-4-8-11(12)13(19(16,17)18)15-10-6-2-1-3-7-10/h1-9,13,15H,(H,16,17,18). The van der Waals surface area contributed by atoms with Crippen LogP contribution in [0.1, 0.15) is 10.9 Å². The summed E-state index contributed by atoms with van der Waals surface area (Å²) in [5, 5.41) is 1.72. The molecule has 2 rings (SSSR count). The highest BCUT2D eigenvalue weighted by molar-refractivity contribution is 7.86. The van der Waals surface area contributed by atoms with Gasteiger partial charge in [0.1, 0.15) is 0 Å². The van der Waals surface area contributed by atoms with Crippen molar-refractivity contribution in [3.05, 3.63) is 65.2 Å². The first-order valence-electron chi connectivity index (χ1n) is 5.51. The first-order valence-corrected chi connectivity index (χ1v) is 7.39. The fraction of sp³-hybridized carbons (Fsp3) is 0.0769. The van der Waals surface area contributed by atoms with Gasteiger partial charge in [0.05, 0.1) is 0 Å². The van der Waals surface area contributed by atoms with Gasteiger partial charge in [0.25, 0.3) is 10.1 Å². The molecule has 0 saturated carbocycles. The summed E-state index contributed by atoms with van der Waals surface area (Å²) in [6.07, 6.45) is 0. The molecule has 0 aliphatic heterocycles. The molecule has 0 aromatic heterocycles. The zero-order chi connectivity index (χ0) is 13.9. The first kappa shape index (κ1) is 13.9. The number of hydrogen-bond donors (Lipinski definition) is 2. The molecule has 0 aliphatic carbocycles. The second-order valence-corrected chi connectivity index (χ2v) is 5.84. The van der Waals surface area contributed by atoms with Crippen molar-refractivity contribution in [1.82, 2.24) is 0 Å². The van der Waals surface area contributed by atoms with Gasteiger partial charge in [-0.05, 0) is 18.2 Å². The molecule has 4 nitrogen and oxygen atoms in total. The van der Waals surface area contributed by atoms with Crippen LogP contribution >= 0.6 is 11.6 Å². The summed E-state index contributed by atoms with van der Waals surface area (Å²) in [6, 6.07) is 15.2. The third-order valence-electron chi connectivity index (χ3n) is 2.56. The molecule has 2 aromatic carbocycles. The molecule has 1 unspecified atom stereocenters. The summed E-state index contributed by atoms with van der Waals surface area (Å²) in [4.78, 5) is 0. The zero-order valence-electron chi connectivity index (χ0n) is 9.82. The van der Waals surface area contributed by atoms with Gasteiger partial charge in [-0.2, -0.15) is 8.42 Å². The molecule has 0 heterocycles. The van der Waals surface area contributed by atoms with Gasteiger partial charge < -0.3 is 5.32 Å². The molecular weight excluding hydrogens is 286 g/mol. The number of para-hydroxylation sites is 1. The molecule has 0 bridgehead atoms. The number of halogens is 1. The summed E-state index contributed by atoms with van der Waals surface area (Å²) in [5.74, 6) is 0. The van der Waals surface area contributed by atoms with Crippen molar-refractivity contribution in [3.8, 4) is 0 Å². The van der Waals surface area contributed by atoms with E-state index >= 15 is 0 Å². The second-order valence-electron chi connectivity index (χ2n) is 3.93. The summed E-state index contributed by atoms with van der Waals surface area (Å²) < 4.78 is 32.4. The van der Waals surface area contributed by atoms with Gasteiger partial charge in [-0.3, -0.25) is 4.55 Å². The van der Waals surface area contributed by atoms with Crippen molar-refractivity contribution in [3.63, 3.8) is 0 Å². The lowest BCUT2D eigenvalue weighted by molar-refractivity contribution is 0.473. The molecule has 2 N–H and O–H groups in total. The summed E-state index contributed by atoms with van der Waals surface area (Å²) in [7, 11) is -4.33. The van der Waals surface area contributed by atoms with Crippen LogP contribution in [-0.4, -0.2) is 13.0 Å². The van der Waals surface area contributed by atoms with Crippen molar-refractivity contribution in [2.24, 2.45) is 0 Å². The maximum Gasteiger partial charge on any atom is 0.290 e. The number of hydrogen-bond acceptors (Lipinski definition) is 3. The van der Waals surface area contributed by atoms with E-state index in [1.807, 2.05) is 6.07 Å². The lowest BCUT2D eigenvalue weighted by atomic mass is 10.2. The minimum atomic E-state index is -4.33. The van der Waals surface area contributed by atoms with E-state index in [0.717, 1.165) is 0 Å². The van der Waals surface area contributed by atoms with E-state index in [2.05, 4.69) is 5.32 Å². The molecule has 0 radical (unpaired) electrons. The van der Waals surface area contributed by atoms with Crippen molar-refractivity contribution in [2.45, 2.75) is 5.37 Å². The predicted molar refractivity (Wildman–Crippen MR) is 75.8 cm³/mol. The van der Waals surface area contributed by atoms with Crippen LogP contribution in [0, 0.1) is 0 Å². The Labute approximate surface area is 116 Å². The molecule has 0 spiro atoms. The molecule has 0 saturated heterocycles. The molecule has 2 aromatic rings. The van der Waals surface area contributed by atoms with E-state index in [-0.39, 0.29) is 5.02 Å². The minimum absolute atomic E-state index is 0.272. The lowest BCUT2D eigenvalue weighted by Crippen LogP contribution is -2.21. The Bertz CT molecular complexity index is 659. The van der Waals surface area contributed by atoms with Crippen molar-refractivity contribution in [2.75, 3.05) is 5.32 Å². The lowest BCUT2D eigenvalue weighted by Gasteiger charge is -2.18. The van der Waals surface area contributed by atoms with Crippen LogP contribution in [0.15, 0.2) is 54.6 Å². The van der Waals surface area contributed by atoms with Crippen molar-refractivity contribution < 1.29 is 13.0 Å². The largest absolute Gasteiger partial charge is 0.363 e. The van der Waals surface area contributed by atoms with E-state index in [4.69, 9.17) is 11.6 Å². The summed E-state index contributed by atoms with van der Waals surface area (Å²) in [6.45, 7) is 0. The molecule has 0 amide bonds. The van der Waals surface area contributed by atoms with Crippen LogP contribution < -0.4 is 5.32 Å². The van der Waals surface area contributed by atoms with Gasteiger partial charge in [-0.25, -0.2) is 0 Å². The third kappa shape index (κ3) is 3.47. The SMILES string of the molecule is O=S(=O)(O)C(Nc1ccccc1)c1ccccc1Cl. The Morgan fingerprint density at radius 2 is 1.58 bits per heavy atom. The number of anilines is 1. The topological polar surface area (TPSA) is 66.4 Å². The molecule has 19 heavy (non-hydrogen) atoms. The van der Waals surface area contributed by atoms with Gasteiger partial charge in [-0.1, -0.05) is 48.0 Å². The molecule has 6 heteroatoms. The van der Waals surface area contributed by atoms with E-state index < -0.39 is 15.5 Å². The number of benzene rings is 2. The summed E-state index contributed by atoms with van der Waals surface area (Å²) in [5.41, 5.74) is 0.876. The molecule has 1 atom stereocenters. The van der Waals surface area contributed by atoms with Gasteiger partial charge in [-0.15, -0.1) is 0 Å². The van der Waals surface area contributed by atoms with Crippen LogP contribution in [0.3, 0.4) is 0 Å². The van der Waals surface area contributed by atoms with E-state index in [1.54, 1.807) is 48.5 Å². The average molecular weight is 298 g/mol. The fourth-order valence-electron chi connectivity index (χ4n) is 1.69. The Balaban J connectivity index is 2.41. The van der Waals surface area contributed by atoms with Crippen molar-refractivity contribution in [1.29, 1.82) is 0 Å². The third-order valence-corrected chi connectivity index (χ3v) is 3.87. The monoisotopic (exact) mass is 297 g/mol. The highest BCUT2D eigenvalue weighted by Crippen LogP contribution is 2.29. The fourth-order valence-corrected chi connectivity index (χ4v) is 2.81. The molecular formula is C13H12ClNO3S. The average Bonchev–Trinajstić information content (AvgIpc) is 2.37. The van der Waals surface area contributed by atoms with E-state index in [9.17, 15) is 13.0 Å². The Morgan fingerprint density at radius 1 is 1.00 bits per heavy atom. The predicted octanol–water partition coefficient (Wildman–Crippen LogP) is 3.34. The van der Waals surface area contributed by atoms with Gasteiger partial charge in [0.2, 0.25) is 0 Å². The van der Waals surface area contributed by atoms with Gasteiger partial charge in [0.15, 0.2) is 5.37 Å². The summed E-state index contributed by atoms with van der Waals surface area (Å²) >= 11 is 5.98. The Morgan fingerprint density at radius 3 is 2.16 bits per heavy atom. The number of rotatable bonds is 4. The maximum absolute atomic E-state index is 11.5. The van der Waals surface area contributed by atoms with Crippen LogP contribution in [0.25, 0.3) is 0 Å². The molecule has 0 aliphatic rings.